The molecule has 0 unspecified atom stereocenters. The van der Waals surface area contributed by atoms with Crippen LogP contribution in [0.3, 0.4) is 0 Å². The van der Waals surface area contributed by atoms with E-state index in [0.717, 1.165) is 5.56 Å². The van der Waals surface area contributed by atoms with Crippen molar-refractivity contribution in [3.8, 4) is 0 Å². The SMILES string of the molecule is CCNC(=O)Cc1ccc(NC2CCCCCC2)cc1. The number of carbonyl (C=O) groups excluding carboxylic acids is 1. The number of benzene rings is 1. The Morgan fingerprint density at radius 1 is 1.10 bits per heavy atom. The number of likely N-dealkylation sites (N-methyl/N-ethyl adjacent to an activating group) is 1. The number of anilines is 1. The average molecular weight is 274 g/mol. The molecule has 0 radical (unpaired) electrons. The summed E-state index contributed by atoms with van der Waals surface area (Å²) >= 11 is 0. The second kappa shape index (κ2) is 7.93. The second-order valence-electron chi connectivity index (χ2n) is 5.66. The molecule has 0 atom stereocenters. The first-order chi connectivity index (χ1) is 9.78. The Morgan fingerprint density at radius 3 is 2.35 bits per heavy atom. The van der Waals surface area contributed by atoms with Gasteiger partial charge in [0.15, 0.2) is 0 Å². The molecule has 1 aromatic rings. The largest absolute Gasteiger partial charge is 0.382 e. The summed E-state index contributed by atoms with van der Waals surface area (Å²) < 4.78 is 0. The summed E-state index contributed by atoms with van der Waals surface area (Å²) in [5.41, 5.74) is 2.25. The molecule has 1 fully saturated rings. The lowest BCUT2D eigenvalue weighted by Crippen LogP contribution is -2.24. The van der Waals surface area contributed by atoms with Crippen LogP contribution in [0.4, 0.5) is 5.69 Å². The molecule has 2 N–H and O–H groups in total. The molecule has 1 aliphatic rings. The number of amides is 1. The summed E-state index contributed by atoms with van der Waals surface area (Å²) in [7, 11) is 0. The average Bonchev–Trinajstić information content (AvgIpc) is 2.70. The first-order valence-corrected chi connectivity index (χ1v) is 7.90. The van der Waals surface area contributed by atoms with Gasteiger partial charge in [0.05, 0.1) is 6.42 Å². The van der Waals surface area contributed by atoms with E-state index in [2.05, 4.69) is 22.8 Å². The van der Waals surface area contributed by atoms with E-state index in [0.29, 0.717) is 19.0 Å². The lowest BCUT2D eigenvalue weighted by Gasteiger charge is -2.17. The van der Waals surface area contributed by atoms with Crippen molar-refractivity contribution in [2.24, 2.45) is 0 Å². The summed E-state index contributed by atoms with van der Waals surface area (Å²) in [6.45, 7) is 2.64. The van der Waals surface area contributed by atoms with Crippen LogP contribution in [0.25, 0.3) is 0 Å². The first-order valence-electron chi connectivity index (χ1n) is 7.90. The smallest absolute Gasteiger partial charge is 0.224 e. The Bertz CT molecular complexity index is 406. The molecule has 1 aliphatic carbocycles. The van der Waals surface area contributed by atoms with Gasteiger partial charge in [0.1, 0.15) is 0 Å². The fourth-order valence-corrected chi connectivity index (χ4v) is 2.82. The third-order valence-electron chi connectivity index (χ3n) is 3.92. The number of nitrogens with one attached hydrogen (secondary N) is 2. The molecule has 0 aromatic heterocycles. The minimum atomic E-state index is 0.0944. The zero-order valence-corrected chi connectivity index (χ0v) is 12.5. The highest BCUT2D eigenvalue weighted by Gasteiger charge is 2.11. The predicted molar refractivity (Wildman–Crippen MR) is 83.9 cm³/mol. The van der Waals surface area contributed by atoms with E-state index < -0.39 is 0 Å². The Morgan fingerprint density at radius 2 is 1.75 bits per heavy atom. The maximum atomic E-state index is 11.5. The van der Waals surface area contributed by atoms with Gasteiger partial charge in [-0.1, -0.05) is 37.8 Å². The van der Waals surface area contributed by atoms with Crippen molar-refractivity contribution in [2.45, 2.75) is 57.9 Å². The topological polar surface area (TPSA) is 41.1 Å². The van der Waals surface area contributed by atoms with Crippen molar-refractivity contribution >= 4 is 11.6 Å². The summed E-state index contributed by atoms with van der Waals surface area (Å²) in [5.74, 6) is 0.0944. The normalized spacial score (nSPS) is 16.4. The first kappa shape index (κ1) is 14.9. The lowest BCUT2D eigenvalue weighted by molar-refractivity contribution is -0.120. The molecule has 2 rings (SSSR count). The van der Waals surface area contributed by atoms with Crippen molar-refractivity contribution in [3.05, 3.63) is 29.8 Å². The van der Waals surface area contributed by atoms with Gasteiger partial charge >= 0.3 is 0 Å². The van der Waals surface area contributed by atoms with Crippen LogP contribution in [-0.4, -0.2) is 18.5 Å². The van der Waals surface area contributed by atoms with Gasteiger partial charge in [-0.3, -0.25) is 4.79 Å². The molecule has 3 heteroatoms. The Labute approximate surface area is 122 Å². The van der Waals surface area contributed by atoms with Gasteiger partial charge in [-0.2, -0.15) is 0 Å². The lowest BCUT2D eigenvalue weighted by atomic mass is 10.1. The van der Waals surface area contributed by atoms with Gasteiger partial charge in [-0.05, 0) is 37.5 Å². The molecule has 3 nitrogen and oxygen atoms in total. The van der Waals surface area contributed by atoms with Gasteiger partial charge in [0.2, 0.25) is 5.91 Å². The zero-order chi connectivity index (χ0) is 14.2. The van der Waals surface area contributed by atoms with E-state index >= 15 is 0 Å². The summed E-state index contributed by atoms with van der Waals surface area (Å²) in [4.78, 5) is 11.5. The van der Waals surface area contributed by atoms with Gasteiger partial charge < -0.3 is 10.6 Å². The molecule has 0 spiro atoms. The van der Waals surface area contributed by atoms with E-state index in [1.807, 2.05) is 19.1 Å². The molecular weight excluding hydrogens is 248 g/mol. The van der Waals surface area contributed by atoms with Gasteiger partial charge in [-0.15, -0.1) is 0 Å². The summed E-state index contributed by atoms with van der Waals surface area (Å²) in [6, 6.07) is 8.91. The van der Waals surface area contributed by atoms with Crippen LogP contribution in [0.1, 0.15) is 51.0 Å². The standard InChI is InChI=1S/C17H26N2O/c1-2-18-17(20)13-14-9-11-16(12-10-14)19-15-7-5-3-4-6-8-15/h9-12,15,19H,2-8,13H2,1H3,(H,18,20). The van der Waals surface area contributed by atoms with E-state index in [1.54, 1.807) is 0 Å². The summed E-state index contributed by atoms with van der Waals surface area (Å²) in [5, 5.41) is 6.45. The molecule has 0 saturated heterocycles. The molecule has 20 heavy (non-hydrogen) atoms. The predicted octanol–water partition coefficient (Wildman–Crippen LogP) is 3.50. The van der Waals surface area contributed by atoms with E-state index in [4.69, 9.17) is 0 Å². The molecular formula is C17H26N2O. The molecule has 1 saturated carbocycles. The van der Waals surface area contributed by atoms with Crippen LogP contribution in [0, 0.1) is 0 Å². The van der Waals surface area contributed by atoms with Crippen molar-refractivity contribution < 1.29 is 4.79 Å². The zero-order valence-electron chi connectivity index (χ0n) is 12.5. The van der Waals surface area contributed by atoms with Crippen LogP contribution < -0.4 is 10.6 Å². The van der Waals surface area contributed by atoms with E-state index in [9.17, 15) is 4.79 Å². The maximum absolute atomic E-state index is 11.5. The van der Waals surface area contributed by atoms with Crippen LogP contribution in [0.2, 0.25) is 0 Å². The second-order valence-corrected chi connectivity index (χ2v) is 5.66. The molecule has 0 aliphatic heterocycles. The molecule has 110 valence electrons. The van der Waals surface area contributed by atoms with Crippen molar-refractivity contribution in [1.29, 1.82) is 0 Å². The third-order valence-corrected chi connectivity index (χ3v) is 3.92. The fourth-order valence-electron chi connectivity index (χ4n) is 2.82. The highest BCUT2D eigenvalue weighted by Crippen LogP contribution is 2.21. The Hall–Kier alpha value is -1.51. The van der Waals surface area contributed by atoms with Crippen molar-refractivity contribution in [2.75, 3.05) is 11.9 Å². The number of hydrogen-bond donors (Lipinski definition) is 2. The van der Waals surface area contributed by atoms with Crippen LogP contribution >= 0.6 is 0 Å². The molecule has 1 amide bonds. The van der Waals surface area contributed by atoms with Crippen LogP contribution in [-0.2, 0) is 11.2 Å². The minimum absolute atomic E-state index is 0.0944. The molecule has 1 aromatic carbocycles. The molecule has 0 bridgehead atoms. The van der Waals surface area contributed by atoms with Crippen molar-refractivity contribution in [1.82, 2.24) is 5.32 Å². The summed E-state index contributed by atoms with van der Waals surface area (Å²) in [6.07, 6.45) is 8.46. The number of rotatable bonds is 5. The number of hydrogen-bond acceptors (Lipinski definition) is 2. The van der Waals surface area contributed by atoms with E-state index in [-0.39, 0.29) is 5.91 Å². The third kappa shape index (κ3) is 4.87. The number of carbonyl (C=O) groups is 1. The van der Waals surface area contributed by atoms with Gasteiger partial charge in [0.25, 0.3) is 0 Å². The van der Waals surface area contributed by atoms with E-state index in [1.165, 1.54) is 44.2 Å². The maximum Gasteiger partial charge on any atom is 0.224 e. The Balaban J connectivity index is 1.85. The molecule has 0 heterocycles. The fraction of sp³-hybridized carbons (Fsp3) is 0.588. The quantitative estimate of drug-likeness (QED) is 0.807. The van der Waals surface area contributed by atoms with Gasteiger partial charge in [0, 0.05) is 18.3 Å². The van der Waals surface area contributed by atoms with Gasteiger partial charge in [-0.25, -0.2) is 0 Å². The highest BCUT2D eigenvalue weighted by atomic mass is 16.1. The monoisotopic (exact) mass is 274 g/mol. The Kier molecular flexibility index (Phi) is 5.90. The van der Waals surface area contributed by atoms with Crippen molar-refractivity contribution in [3.63, 3.8) is 0 Å². The van der Waals surface area contributed by atoms with Crippen LogP contribution in [0.5, 0.6) is 0 Å². The highest BCUT2D eigenvalue weighted by molar-refractivity contribution is 5.78. The van der Waals surface area contributed by atoms with Crippen LogP contribution in [0.15, 0.2) is 24.3 Å². The minimum Gasteiger partial charge on any atom is -0.382 e.